The molecule has 13 heavy (non-hydrogen) atoms. The first-order valence-electron chi connectivity index (χ1n) is 3.75. The maximum absolute atomic E-state index is 10.4. The van der Waals surface area contributed by atoms with E-state index in [-0.39, 0.29) is 12.0 Å². The summed E-state index contributed by atoms with van der Waals surface area (Å²) in [5.41, 5.74) is -0.201. The summed E-state index contributed by atoms with van der Waals surface area (Å²) in [6.45, 7) is 1.50. The lowest BCUT2D eigenvalue weighted by atomic mass is 10.1. The van der Waals surface area contributed by atoms with E-state index in [1.54, 1.807) is 0 Å². The van der Waals surface area contributed by atoms with Gasteiger partial charge in [0.15, 0.2) is 0 Å². The molecule has 0 bridgehead atoms. The molecule has 0 aliphatic carbocycles. The molecule has 1 unspecified atom stereocenters. The lowest BCUT2D eigenvalue weighted by Gasteiger charge is -2.00. The molecule has 0 aromatic carbocycles. The fraction of sp³-hybridized carbons (Fsp3) is 0.500. The molecule has 0 rings (SSSR count). The van der Waals surface area contributed by atoms with Crippen LogP contribution in [0.15, 0.2) is 11.6 Å². The zero-order chi connectivity index (χ0) is 10.4. The summed E-state index contributed by atoms with van der Waals surface area (Å²) in [4.78, 5) is 20.6. The second kappa shape index (κ2) is 5.31. The predicted octanol–water partition coefficient (Wildman–Crippen LogP) is 0.243. The Balaban J connectivity index is 4.32. The second-order valence-electron chi connectivity index (χ2n) is 2.69. The SMILES string of the molecule is CC(O)CC=C(CC(=O)O)C(=O)O. The Hall–Kier alpha value is -1.36. The van der Waals surface area contributed by atoms with Crippen LogP contribution in [-0.4, -0.2) is 33.4 Å². The van der Waals surface area contributed by atoms with Crippen molar-refractivity contribution < 1.29 is 24.9 Å². The van der Waals surface area contributed by atoms with Crippen molar-refractivity contribution in [3.8, 4) is 0 Å². The summed E-state index contributed by atoms with van der Waals surface area (Å²) in [6, 6.07) is 0. The van der Waals surface area contributed by atoms with Crippen molar-refractivity contribution in [2.24, 2.45) is 0 Å². The van der Waals surface area contributed by atoms with Gasteiger partial charge < -0.3 is 15.3 Å². The number of rotatable bonds is 5. The molecule has 5 heteroatoms. The van der Waals surface area contributed by atoms with Gasteiger partial charge in [-0.05, 0) is 13.3 Å². The molecule has 5 nitrogen and oxygen atoms in total. The van der Waals surface area contributed by atoms with Crippen LogP contribution in [0.3, 0.4) is 0 Å². The number of carbonyl (C=O) groups is 2. The molecule has 0 amide bonds. The molecule has 0 heterocycles. The topological polar surface area (TPSA) is 94.8 Å². The number of hydrogen-bond acceptors (Lipinski definition) is 3. The standard InChI is InChI=1S/C8H12O5/c1-5(9)2-3-6(8(12)13)4-7(10)11/h3,5,9H,2,4H2,1H3,(H,10,11)(H,12,13). The highest BCUT2D eigenvalue weighted by atomic mass is 16.4. The summed E-state index contributed by atoms with van der Waals surface area (Å²) in [5, 5.41) is 25.7. The smallest absolute Gasteiger partial charge is 0.331 e. The molecular weight excluding hydrogens is 176 g/mol. The summed E-state index contributed by atoms with van der Waals surface area (Å²) >= 11 is 0. The van der Waals surface area contributed by atoms with Gasteiger partial charge in [-0.25, -0.2) is 4.79 Å². The molecule has 3 N–H and O–H groups in total. The average Bonchev–Trinajstić information content (AvgIpc) is 1.96. The fourth-order valence-corrected chi connectivity index (χ4v) is 0.711. The predicted molar refractivity (Wildman–Crippen MR) is 44.3 cm³/mol. The molecule has 0 radical (unpaired) electrons. The normalized spacial score (nSPS) is 13.8. The van der Waals surface area contributed by atoms with Crippen molar-refractivity contribution >= 4 is 11.9 Å². The molecule has 0 aromatic heterocycles. The molecule has 0 aliphatic rings. The van der Waals surface area contributed by atoms with E-state index < -0.39 is 24.5 Å². The summed E-state index contributed by atoms with van der Waals surface area (Å²) in [5.74, 6) is -2.46. The van der Waals surface area contributed by atoms with Gasteiger partial charge in [0.1, 0.15) is 0 Å². The molecule has 0 fully saturated rings. The van der Waals surface area contributed by atoms with Gasteiger partial charge in [0.25, 0.3) is 0 Å². The van der Waals surface area contributed by atoms with Crippen molar-refractivity contribution in [2.45, 2.75) is 25.9 Å². The third-order valence-corrected chi connectivity index (χ3v) is 1.32. The maximum Gasteiger partial charge on any atom is 0.331 e. The van der Waals surface area contributed by atoms with Crippen molar-refractivity contribution in [2.75, 3.05) is 0 Å². The lowest BCUT2D eigenvalue weighted by Crippen LogP contribution is -2.08. The monoisotopic (exact) mass is 188 g/mol. The number of carboxylic acid groups (broad SMARTS) is 2. The van der Waals surface area contributed by atoms with Crippen LogP contribution in [0.2, 0.25) is 0 Å². The van der Waals surface area contributed by atoms with E-state index in [4.69, 9.17) is 15.3 Å². The molecular formula is C8H12O5. The Morgan fingerprint density at radius 1 is 1.38 bits per heavy atom. The second-order valence-corrected chi connectivity index (χ2v) is 2.69. The van der Waals surface area contributed by atoms with Gasteiger partial charge in [0.05, 0.1) is 12.5 Å². The van der Waals surface area contributed by atoms with Gasteiger partial charge in [-0.15, -0.1) is 0 Å². The summed E-state index contributed by atoms with van der Waals surface area (Å²) in [7, 11) is 0. The van der Waals surface area contributed by atoms with Crippen LogP contribution < -0.4 is 0 Å². The van der Waals surface area contributed by atoms with E-state index in [9.17, 15) is 9.59 Å². The summed E-state index contributed by atoms with van der Waals surface area (Å²) in [6.07, 6.45) is 0.182. The zero-order valence-electron chi connectivity index (χ0n) is 7.23. The average molecular weight is 188 g/mol. The van der Waals surface area contributed by atoms with Crippen LogP contribution in [0.25, 0.3) is 0 Å². The number of aliphatic hydroxyl groups is 1. The molecule has 0 spiro atoms. The minimum atomic E-state index is -1.26. The maximum atomic E-state index is 10.4. The first-order chi connectivity index (χ1) is 5.93. The molecule has 1 atom stereocenters. The van der Waals surface area contributed by atoms with Gasteiger partial charge in [-0.3, -0.25) is 4.79 Å². The Labute approximate surface area is 75.3 Å². The van der Waals surface area contributed by atoms with E-state index >= 15 is 0 Å². The number of hydrogen-bond donors (Lipinski definition) is 3. The molecule has 0 aromatic rings. The van der Waals surface area contributed by atoms with Crippen molar-refractivity contribution in [3.63, 3.8) is 0 Å². The van der Waals surface area contributed by atoms with Gasteiger partial charge in [0, 0.05) is 5.57 Å². The van der Waals surface area contributed by atoms with Crippen molar-refractivity contribution in [3.05, 3.63) is 11.6 Å². The quantitative estimate of drug-likeness (QED) is 0.537. The largest absolute Gasteiger partial charge is 0.481 e. The molecule has 74 valence electrons. The summed E-state index contributed by atoms with van der Waals surface area (Å²) < 4.78 is 0. The van der Waals surface area contributed by atoms with E-state index in [0.717, 1.165) is 0 Å². The highest BCUT2D eigenvalue weighted by Crippen LogP contribution is 2.05. The Bertz CT molecular complexity index is 229. The molecule has 0 saturated heterocycles. The fourth-order valence-electron chi connectivity index (χ4n) is 0.711. The Morgan fingerprint density at radius 3 is 2.23 bits per heavy atom. The minimum Gasteiger partial charge on any atom is -0.481 e. The van der Waals surface area contributed by atoms with Gasteiger partial charge in [-0.1, -0.05) is 6.08 Å². The Kier molecular flexibility index (Phi) is 4.76. The molecule has 0 aliphatic heterocycles. The number of aliphatic hydroxyl groups excluding tert-OH is 1. The number of aliphatic carboxylic acids is 2. The van der Waals surface area contributed by atoms with Crippen molar-refractivity contribution in [1.29, 1.82) is 0 Å². The lowest BCUT2D eigenvalue weighted by molar-refractivity contribution is -0.139. The zero-order valence-corrected chi connectivity index (χ0v) is 7.23. The van der Waals surface area contributed by atoms with Crippen LogP contribution in [0.1, 0.15) is 19.8 Å². The van der Waals surface area contributed by atoms with Crippen LogP contribution in [-0.2, 0) is 9.59 Å². The minimum absolute atomic E-state index is 0.148. The van der Waals surface area contributed by atoms with Crippen LogP contribution in [0.5, 0.6) is 0 Å². The highest BCUT2D eigenvalue weighted by molar-refractivity contribution is 5.91. The van der Waals surface area contributed by atoms with Gasteiger partial charge >= 0.3 is 11.9 Å². The van der Waals surface area contributed by atoms with Gasteiger partial charge in [-0.2, -0.15) is 0 Å². The molecule has 0 saturated carbocycles. The van der Waals surface area contributed by atoms with Crippen LogP contribution in [0, 0.1) is 0 Å². The first kappa shape index (κ1) is 11.6. The van der Waals surface area contributed by atoms with Crippen LogP contribution >= 0.6 is 0 Å². The third-order valence-electron chi connectivity index (χ3n) is 1.32. The van der Waals surface area contributed by atoms with E-state index in [1.165, 1.54) is 13.0 Å². The Morgan fingerprint density at radius 2 is 1.92 bits per heavy atom. The number of carboxylic acids is 2. The highest BCUT2D eigenvalue weighted by Gasteiger charge is 2.11. The first-order valence-corrected chi connectivity index (χ1v) is 3.75. The van der Waals surface area contributed by atoms with Crippen molar-refractivity contribution in [1.82, 2.24) is 0 Å². The van der Waals surface area contributed by atoms with E-state index in [1.807, 2.05) is 0 Å². The van der Waals surface area contributed by atoms with E-state index in [2.05, 4.69) is 0 Å². The van der Waals surface area contributed by atoms with Gasteiger partial charge in [0.2, 0.25) is 0 Å². The third kappa shape index (κ3) is 5.86. The van der Waals surface area contributed by atoms with Crippen LogP contribution in [0.4, 0.5) is 0 Å². The van der Waals surface area contributed by atoms with E-state index in [0.29, 0.717) is 0 Å².